The van der Waals surface area contributed by atoms with Gasteiger partial charge in [-0.05, 0) is 31.0 Å². The molecule has 82 valence electrons. The topological polar surface area (TPSA) is 12.0 Å². The van der Waals surface area contributed by atoms with E-state index in [1.54, 1.807) is 12.1 Å². The van der Waals surface area contributed by atoms with Crippen LogP contribution in [0.15, 0.2) is 30.9 Å². The molecule has 0 saturated heterocycles. The third kappa shape index (κ3) is 4.02. The smallest absolute Gasteiger partial charge is 0.141 e. The molecule has 0 fully saturated rings. The van der Waals surface area contributed by atoms with Crippen molar-refractivity contribution in [2.45, 2.75) is 25.9 Å². The van der Waals surface area contributed by atoms with Crippen LogP contribution in [0.1, 0.15) is 18.9 Å². The van der Waals surface area contributed by atoms with Gasteiger partial charge in [0.1, 0.15) is 5.82 Å². The molecule has 3 heteroatoms. The molecule has 1 aromatic rings. The van der Waals surface area contributed by atoms with Crippen molar-refractivity contribution in [3.8, 4) is 0 Å². The normalized spacial score (nSPS) is 12.5. The molecule has 1 N–H and O–H groups in total. The summed E-state index contributed by atoms with van der Waals surface area (Å²) in [6.07, 6.45) is 2.78. The molecular weight excluding hydrogens is 213 g/mol. The van der Waals surface area contributed by atoms with E-state index >= 15 is 0 Å². The van der Waals surface area contributed by atoms with Gasteiger partial charge in [-0.25, -0.2) is 4.39 Å². The van der Waals surface area contributed by atoms with Gasteiger partial charge in [0, 0.05) is 12.6 Å². The van der Waals surface area contributed by atoms with Crippen molar-refractivity contribution in [1.82, 2.24) is 5.32 Å². The Morgan fingerprint density at radius 1 is 1.60 bits per heavy atom. The van der Waals surface area contributed by atoms with Crippen LogP contribution in [0.4, 0.5) is 4.39 Å². The van der Waals surface area contributed by atoms with Crippen LogP contribution in [0.25, 0.3) is 0 Å². The zero-order chi connectivity index (χ0) is 11.3. The average molecular weight is 228 g/mol. The molecule has 0 radical (unpaired) electrons. The first-order valence-corrected chi connectivity index (χ1v) is 5.29. The Kier molecular flexibility index (Phi) is 4.79. The highest BCUT2D eigenvalue weighted by molar-refractivity contribution is 6.30. The molecule has 0 aliphatic heterocycles. The Balaban J connectivity index is 2.50. The molecule has 0 aliphatic rings. The molecule has 1 nitrogen and oxygen atoms in total. The Labute approximate surface area is 95.0 Å². The molecule has 1 rings (SSSR count). The SMILES string of the molecule is C=CCC(C)NCc1ccc(F)c(Cl)c1. The molecule has 0 saturated carbocycles. The molecule has 0 aliphatic carbocycles. The number of benzene rings is 1. The summed E-state index contributed by atoms with van der Waals surface area (Å²) in [6.45, 7) is 6.44. The zero-order valence-corrected chi connectivity index (χ0v) is 9.52. The molecule has 0 bridgehead atoms. The van der Waals surface area contributed by atoms with Crippen LogP contribution < -0.4 is 5.32 Å². The summed E-state index contributed by atoms with van der Waals surface area (Å²) in [5, 5.41) is 3.47. The van der Waals surface area contributed by atoms with Gasteiger partial charge in [0.05, 0.1) is 5.02 Å². The quantitative estimate of drug-likeness (QED) is 0.759. The van der Waals surface area contributed by atoms with Gasteiger partial charge < -0.3 is 5.32 Å². The first-order chi connectivity index (χ1) is 7.13. The minimum absolute atomic E-state index is 0.172. The summed E-state index contributed by atoms with van der Waals surface area (Å²) in [6, 6.07) is 5.13. The Morgan fingerprint density at radius 2 is 2.33 bits per heavy atom. The van der Waals surface area contributed by atoms with Crippen molar-refractivity contribution in [1.29, 1.82) is 0 Å². The summed E-state index contributed by atoms with van der Waals surface area (Å²) < 4.78 is 12.9. The van der Waals surface area contributed by atoms with Crippen molar-refractivity contribution >= 4 is 11.6 Å². The fourth-order valence-corrected chi connectivity index (χ4v) is 1.48. The molecular formula is C12H15ClFN. The fourth-order valence-electron chi connectivity index (χ4n) is 1.28. The fraction of sp³-hybridized carbons (Fsp3) is 0.333. The third-order valence-electron chi connectivity index (χ3n) is 2.16. The lowest BCUT2D eigenvalue weighted by Gasteiger charge is -2.11. The second-order valence-electron chi connectivity index (χ2n) is 3.55. The summed E-state index contributed by atoms with van der Waals surface area (Å²) in [4.78, 5) is 0. The lowest BCUT2D eigenvalue weighted by molar-refractivity contribution is 0.553. The van der Waals surface area contributed by atoms with Gasteiger partial charge in [-0.15, -0.1) is 6.58 Å². The van der Waals surface area contributed by atoms with E-state index in [1.165, 1.54) is 6.07 Å². The molecule has 0 heterocycles. The van der Waals surface area contributed by atoms with Gasteiger partial charge in [0.15, 0.2) is 0 Å². The maximum atomic E-state index is 12.9. The third-order valence-corrected chi connectivity index (χ3v) is 2.45. The van der Waals surface area contributed by atoms with E-state index in [0.717, 1.165) is 12.0 Å². The van der Waals surface area contributed by atoms with Gasteiger partial charge in [-0.1, -0.05) is 23.7 Å². The summed E-state index contributed by atoms with van der Waals surface area (Å²) in [7, 11) is 0. The molecule has 1 unspecified atom stereocenters. The van der Waals surface area contributed by atoms with Crippen molar-refractivity contribution in [3.63, 3.8) is 0 Å². The van der Waals surface area contributed by atoms with Crippen molar-refractivity contribution in [3.05, 3.63) is 47.3 Å². The summed E-state index contributed by atoms with van der Waals surface area (Å²) in [5.74, 6) is -0.375. The summed E-state index contributed by atoms with van der Waals surface area (Å²) >= 11 is 5.67. The van der Waals surface area contributed by atoms with E-state index in [9.17, 15) is 4.39 Å². The number of rotatable bonds is 5. The highest BCUT2D eigenvalue weighted by Crippen LogP contribution is 2.15. The van der Waals surface area contributed by atoms with E-state index in [4.69, 9.17) is 11.6 Å². The van der Waals surface area contributed by atoms with Crippen molar-refractivity contribution < 1.29 is 4.39 Å². The van der Waals surface area contributed by atoms with E-state index < -0.39 is 0 Å². The predicted octanol–water partition coefficient (Wildman–Crippen LogP) is 3.53. The van der Waals surface area contributed by atoms with Crippen LogP contribution in [0, 0.1) is 5.82 Å². The number of hydrogen-bond donors (Lipinski definition) is 1. The molecule has 15 heavy (non-hydrogen) atoms. The van der Waals surface area contributed by atoms with Gasteiger partial charge in [-0.2, -0.15) is 0 Å². The Morgan fingerprint density at radius 3 is 2.93 bits per heavy atom. The summed E-state index contributed by atoms with van der Waals surface area (Å²) in [5.41, 5.74) is 0.984. The Bertz CT molecular complexity index is 338. The van der Waals surface area contributed by atoms with Crippen LogP contribution in [0.2, 0.25) is 5.02 Å². The highest BCUT2D eigenvalue weighted by atomic mass is 35.5. The highest BCUT2D eigenvalue weighted by Gasteiger charge is 2.02. The minimum atomic E-state index is -0.375. The minimum Gasteiger partial charge on any atom is -0.310 e. The van der Waals surface area contributed by atoms with Crippen LogP contribution in [-0.2, 0) is 6.54 Å². The maximum absolute atomic E-state index is 12.9. The number of hydrogen-bond acceptors (Lipinski definition) is 1. The molecule has 1 aromatic carbocycles. The maximum Gasteiger partial charge on any atom is 0.141 e. The first kappa shape index (κ1) is 12.2. The van der Waals surface area contributed by atoms with Crippen LogP contribution in [0.3, 0.4) is 0 Å². The molecule has 0 aromatic heterocycles. The standard InChI is InChI=1S/C12H15ClFN/c1-3-4-9(2)15-8-10-5-6-12(14)11(13)7-10/h3,5-7,9,15H,1,4,8H2,2H3. The van der Waals surface area contributed by atoms with Gasteiger partial charge >= 0.3 is 0 Å². The Hall–Kier alpha value is -0.860. The van der Waals surface area contributed by atoms with Gasteiger partial charge in [-0.3, -0.25) is 0 Å². The van der Waals surface area contributed by atoms with Crippen LogP contribution in [0.5, 0.6) is 0 Å². The van der Waals surface area contributed by atoms with Crippen molar-refractivity contribution in [2.75, 3.05) is 0 Å². The molecule has 0 amide bonds. The lowest BCUT2D eigenvalue weighted by atomic mass is 10.2. The van der Waals surface area contributed by atoms with Crippen LogP contribution in [-0.4, -0.2) is 6.04 Å². The van der Waals surface area contributed by atoms with E-state index in [2.05, 4.69) is 18.8 Å². The van der Waals surface area contributed by atoms with E-state index in [1.807, 2.05) is 6.08 Å². The zero-order valence-electron chi connectivity index (χ0n) is 8.76. The number of nitrogens with one attached hydrogen (secondary N) is 1. The van der Waals surface area contributed by atoms with Crippen LogP contribution >= 0.6 is 11.6 Å². The van der Waals surface area contributed by atoms with E-state index in [-0.39, 0.29) is 10.8 Å². The van der Waals surface area contributed by atoms with Gasteiger partial charge in [0.25, 0.3) is 0 Å². The van der Waals surface area contributed by atoms with E-state index in [0.29, 0.717) is 12.6 Å². The molecule has 1 atom stereocenters. The average Bonchev–Trinajstić information content (AvgIpc) is 2.20. The predicted molar refractivity (Wildman–Crippen MR) is 62.5 cm³/mol. The van der Waals surface area contributed by atoms with Crippen molar-refractivity contribution in [2.24, 2.45) is 0 Å². The largest absolute Gasteiger partial charge is 0.310 e. The number of halogens is 2. The monoisotopic (exact) mass is 227 g/mol. The lowest BCUT2D eigenvalue weighted by Crippen LogP contribution is -2.24. The second kappa shape index (κ2) is 5.89. The van der Waals surface area contributed by atoms with Gasteiger partial charge in [0.2, 0.25) is 0 Å². The second-order valence-corrected chi connectivity index (χ2v) is 3.96. The molecule has 0 spiro atoms. The first-order valence-electron chi connectivity index (χ1n) is 4.91.